The lowest BCUT2D eigenvalue weighted by Crippen LogP contribution is -2.50. The molecule has 5 atom stereocenters. The molecule has 4 bridgehead atoms. The normalized spacial score (nSPS) is 26.0. The van der Waals surface area contributed by atoms with Crippen LogP contribution in [-0.2, 0) is 16.1 Å². The van der Waals surface area contributed by atoms with Gasteiger partial charge in [-0.3, -0.25) is 14.5 Å². The average Bonchev–Trinajstić information content (AvgIpc) is 3.43. The minimum Gasteiger partial charge on any atom is -0.493 e. The number of nitrogens with one attached hydrogen (secondary N) is 2. The van der Waals surface area contributed by atoms with Crippen LogP contribution in [0, 0.1) is 0 Å². The van der Waals surface area contributed by atoms with Crippen molar-refractivity contribution < 1.29 is 42.1 Å². The molecule has 0 spiro atoms. The molecule has 6 rings (SSSR count). The van der Waals surface area contributed by atoms with Crippen LogP contribution in [0.15, 0.2) is 72.8 Å². The highest BCUT2D eigenvalue weighted by Gasteiger charge is 2.39. The van der Waals surface area contributed by atoms with Crippen molar-refractivity contribution in [3.63, 3.8) is 0 Å². The summed E-state index contributed by atoms with van der Waals surface area (Å²) in [6.45, 7) is 0.991. The van der Waals surface area contributed by atoms with E-state index in [1.54, 1.807) is 6.07 Å². The van der Waals surface area contributed by atoms with Gasteiger partial charge >= 0.3 is 6.36 Å². The van der Waals surface area contributed by atoms with Crippen molar-refractivity contribution >= 4 is 11.8 Å². The fourth-order valence-corrected chi connectivity index (χ4v) is 6.35. The van der Waals surface area contributed by atoms with Crippen LogP contribution in [0.4, 0.5) is 13.2 Å². The maximum absolute atomic E-state index is 13.7. The van der Waals surface area contributed by atoms with Crippen molar-refractivity contribution in [2.75, 3.05) is 19.7 Å². The van der Waals surface area contributed by atoms with Gasteiger partial charge in [-0.25, -0.2) is 0 Å². The van der Waals surface area contributed by atoms with Crippen LogP contribution in [0.2, 0.25) is 0 Å². The summed E-state index contributed by atoms with van der Waals surface area (Å²) in [5, 5.41) is 16.6. The molecule has 12 heteroatoms. The van der Waals surface area contributed by atoms with Crippen molar-refractivity contribution in [3.05, 3.63) is 83.9 Å². The fourth-order valence-electron chi connectivity index (χ4n) is 6.35. The number of nitrogens with zero attached hydrogens (tertiary/aromatic N) is 1. The quantitative estimate of drug-likeness (QED) is 0.388. The zero-order valence-corrected chi connectivity index (χ0v) is 25.0. The monoisotopic (exact) mass is 639 g/mol. The third kappa shape index (κ3) is 7.80. The second-order valence-electron chi connectivity index (χ2n) is 11.9. The smallest absolute Gasteiger partial charge is 0.493 e. The summed E-state index contributed by atoms with van der Waals surface area (Å²) < 4.78 is 54.3. The molecule has 3 N–H and O–H groups in total. The average molecular weight is 640 g/mol. The maximum atomic E-state index is 13.7. The number of amides is 2. The van der Waals surface area contributed by atoms with E-state index < -0.39 is 30.7 Å². The van der Waals surface area contributed by atoms with Crippen LogP contribution in [0.1, 0.15) is 41.6 Å². The molecule has 0 aliphatic carbocycles. The number of likely N-dealkylation sites (tertiary alicyclic amines) is 1. The largest absolute Gasteiger partial charge is 0.573 e. The lowest BCUT2D eigenvalue weighted by Gasteiger charge is -2.34. The molecule has 0 radical (unpaired) electrons. The Bertz CT molecular complexity index is 1520. The van der Waals surface area contributed by atoms with Gasteiger partial charge in [0.2, 0.25) is 5.91 Å². The number of alkyl halides is 3. The zero-order valence-electron chi connectivity index (χ0n) is 25.0. The summed E-state index contributed by atoms with van der Waals surface area (Å²) in [5.74, 6) is -0.521. The van der Waals surface area contributed by atoms with Gasteiger partial charge < -0.3 is 30.0 Å². The molecule has 0 saturated carbocycles. The number of carbonyl (C=O) groups excluding carboxylic acids is 2. The number of hydrogen-bond donors (Lipinski definition) is 3. The number of halogens is 3. The van der Waals surface area contributed by atoms with Gasteiger partial charge in [-0.2, -0.15) is 0 Å². The summed E-state index contributed by atoms with van der Waals surface area (Å²) >= 11 is 0. The number of rotatable bonds is 4. The summed E-state index contributed by atoms with van der Waals surface area (Å²) in [7, 11) is 0. The predicted octanol–water partition coefficient (Wildman–Crippen LogP) is 4.43. The first kappa shape index (κ1) is 31.8. The lowest BCUT2D eigenvalue weighted by atomic mass is 9.99. The first-order valence-electron chi connectivity index (χ1n) is 15.4. The van der Waals surface area contributed by atoms with Gasteiger partial charge in [0.25, 0.3) is 5.91 Å². The highest BCUT2D eigenvalue weighted by atomic mass is 19.4. The number of hydrogen-bond acceptors (Lipinski definition) is 7. The van der Waals surface area contributed by atoms with Gasteiger partial charge in [-0.05, 0) is 60.2 Å². The molecule has 9 nitrogen and oxygen atoms in total. The molecule has 46 heavy (non-hydrogen) atoms. The number of carbonyl (C=O) groups is 2. The molecule has 0 unspecified atom stereocenters. The number of benzene rings is 3. The van der Waals surface area contributed by atoms with E-state index in [-0.39, 0.29) is 36.8 Å². The molecular weight excluding hydrogens is 603 g/mol. The molecule has 0 aromatic heterocycles. The van der Waals surface area contributed by atoms with E-state index in [4.69, 9.17) is 9.47 Å². The van der Waals surface area contributed by atoms with Crippen molar-refractivity contribution in [2.45, 2.75) is 69.0 Å². The number of ether oxygens (including phenoxy) is 3. The third-order valence-electron chi connectivity index (χ3n) is 8.67. The molecule has 3 aliphatic rings. The van der Waals surface area contributed by atoms with Crippen LogP contribution in [0.5, 0.6) is 11.5 Å². The Morgan fingerprint density at radius 3 is 2.50 bits per heavy atom. The van der Waals surface area contributed by atoms with Crippen LogP contribution in [-0.4, -0.2) is 78.3 Å². The second-order valence-corrected chi connectivity index (χ2v) is 11.9. The zero-order chi connectivity index (χ0) is 32.3. The Morgan fingerprint density at radius 2 is 1.74 bits per heavy atom. The predicted molar refractivity (Wildman–Crippen MR) is 162 cm³/mol. The molecule has 2 amide bonds. The molecule has 2 fully saturated rings. The Labute approximate surface area is 264 Å². The summed E-state index contributed by atoms with van der Waals surface area (Å²) in [6, 6.07) is 19.7. The van der Waals surface area contributed by atoms with E-state index in [1.165, 1.54) is 24.3 Å². The molecule has 3 aliphatic heterocycles. The summed E-state index contributed by atoms with van der Waals surface area (Å²) in [4.78, 5) is 29.1. The molecular formula is C34H36F3N3O6. The minimum atomic E-state index is -4.80. The Hall–Kier alpha value is -4.13. The van der Waals surface area contributed by atoms with E-state index in [1.807, 2.05) is 47.4 Å². The number of aliphatic hydroxyl groups excluding tert-OH is 1. The van der Waals surface area contributed by atoms with Gasteiger partial charge in [-0.1, -0.05) is 48.5 Å². The highest BCUT2D eigenvalue weighted by Crippen LogP contribution is 2.30. The Kier molecular flexibility index (Phi) is 9.48. The first-order chi connectivity index (χ1) is 22.1. The summed E-state index contributed by atoms with van der Waals surface area (Å²) in [6.07, 6.45) is -4.29. The van der Waals surface area contributed by atoms with E-state index in [9.17, 15) is 27.9 Å². The van der Waals surface area contributed by atoms with Gasteiger partial charge in [0.15, 0.2) is 0 Å². The number of fused-ring (bicyclic) bond motifs is 5. The van der Waals surface area contributed by atoms with E-state index in [0.29, 0.717) is 55.7 Å². The van der Waals surface area contributed by atoms with E-state index >= 15 is 0 Å². The van der Waals surface area contributed by atoms with Crippen LogP contribution < -0.4 is 20.1 Å². The van der Waals surface area contributed by atoms with Gasteiger partial charge in [0, 0.05) is 32.1 Å². The molecule has 3 aromatic rings. The Balaban J connectivity index is 1.26. The molecule has 244 valence electrons. The van der Waals surface area contributed by atoms with Gasteiger partial charge in [0.05, 0.1) is 30.4 Å². The van der Waals surface area contributed by atoms with E-state index in [0.717, 1.165) is 11.1 Å². The van der Waals surface area contributed by atoms with Crippen molar-refractivity contribution in [3.8, 4) is 22.6 Å². The SMILES string of the molecule is O=C1N[C@H]2C[C@@H](C(=O)NC[C@H]3O[C@H](CCOc4cc(-c5ccccc5)ccc41)CC[C@@H]3O)N(Cc1ccc(OC(F)(F)F)cc1)C2. The van der Waals surface area contributed by atoms with Crippen molar-refractivity contribution in [1.29, 1.82) is 0 Å². The highest BCUT2D eigenvalue weighted by molar-refractivity contribution is 5.98. The standard InChI is InChI=1S/C34H36F3N3O6/c35-34(36,37)46-26-9-6-21(7-10-26)19-40-20-24-17-28(40)33(43)38-18-31-29(41)13-11-25(45-31)14-15-44-30-16-23(22-4-2-1-3-5-22)8-12-27(30)32(42)39-24/h1-10,12,16,24-25,28-29,31,41H,11,13-15,17-20H2,(H,38,43)(H,39,42)/t24-,25-,28-,29-,31+/m0/s1. The summed E-state index contributed by atoms with van der Waals surface area (Å²) in [5.41, 5.74) is 2.91. The molecule has 3 aromatic carbocycles. The van der Waals surface area contributed by atoms with Crippen LogP contribution >= 0.6 is 0 Å². The maximum Gasteiger partial charge on any atom is 0.573 e. The third-order valence-corrected chi connectivity index (χ3v) is 8.67. The van der Waals surface area contributed by atoms with E-state index in [2.05, 4.69) is 15.4 Å². The molecule has 2 saturated heterocycles. The Morgan fingerprint density at radius 1 is 0.957 bits per heavy atom. The molecule has 3 heterocycles. The van der Waals surface area contributed by atoms with Crippen molar-refractivity contribution in [2.24, 2.45) is 0 Å². The number of aliphatic hydroxyl groups is 1. The van der Waals surface area contributed by atoms with Crippen LogP contribution in [0.25, 0.3) is 11.1 Å². The van der Waals surface area contributed by atoms with Gasteiger partial charge in [-0.15, -0.1) is 13.2 Å². The minimum absolute atomic E-state index is 0.117. The van der Waals surface area contributed by atoms with Gasteiger partial charge in [0.1, 0.15) is 17.6 Å². The lowest BCUT2D eigenvalue weighted by molar-refractivity contribution is -0.274. The van der Waals surface area contributed by atoms with Crippen molar-refractivity contribution in [1.82, 2.24) is 15.5 Å². The second kappa shape index (κ2) is 13.7. The topological polar surface area (TPSA) is 109 Å². The van der Waals surface area contributed by atoms with Crippen LogP contribution in [0.3, 0.4) is 0 Å². The first-order valence-corrected chi connectivity index (χ1v) is 15.4. The fraction of sp³-hybridized carbons (Fsp3) is 0.412.